The molecule has 0 spiro atoms. The Morgan fingerprint density at radius 2 is 1.58 bits per heavy atom. The van der Waals surface area contributed by atoms with E-state index in [4.69, 9.17) is 17.3 Å². The van der Waals surface area contributed by atoms with Crippen molar-refractivity contribution >= 4 is 44.4 Å². The number of aryl methyl sites for hydroxylation is 1. The predicted octanol–water partition coefficient (Wildman–Crippen LogP) is 5.81. The molecule has 2 atom stereocenters. The molecular weight excluding hydrogens is 512 g/mol. The Morgan fingerprint density at radius 1 is 0.895 bits per heavy atom. The van der Waals surface area contributed by atoms with Gasteiger partial charge in [0.25, 0.3) is 10.0 Å². The minimum absolute atomic E-state index is 0.0112. The van der Waals surface area contributed by atoms with Gasteiger partial charge in [0.15, 0.2) is 5.11 Å². The third kappa shape index (κ3) is 4.57. The summed E-state index contributed by atoms with van der Waals surface area (Å²) in [6.45, 7) is 2.08. The summed E-state index contributed by atoms with van der Waals surface area (Å²) in [7, 11) is -3.85. The van der Waals surface area contributed by atoms with Crippen molar-refractivity contribution in [1.29, 1.82) is 0 Å². The molecule has 2 N–H and O–H groups in total. The van der Waals surface area contributed by atoms with Crippen LogP contribution in [0.15, 0.2) is 113 Å². The van der Waals surface area contributed by atoms with Gasteiger partial charge in [0.2, 0.25) is 0 Å². The Hall–Kier alpha value is -4.01. The minimum atomic E-state index is -3.85. The van der Waals surface area contributed by atoms with Crippen molar-refractivity contribution in [3.8, 4) is 0 Å². The fourth-order valence-corrected chi connectivity index (χ4v) is 6.57. The summed E-state index contributed by atoms with van der Waals surface area (Å²) < 4.78 is 28.4. The van der Waals surface area contributed by atoms with Gasteiger partial charge in [-0.2, -0.15) is 5.10 Å². The van der Waals surface area contributed by atoms with Gasteiger partial charge in [0.05, 0.1) is 22.3 Å². The topological polar surface area (TPSA) is 73.8 Å². The van der Waals surface area contributed by atoms with Gasteiger partial charge in [-0.05, 0) is 73.1 Å². The zero-order valence-corrected chi connectivity index (χ0v) is 22.3. The zero-order valence-electron chi connectivity index (χ0n) is 20.7. The molecule has 8 heteroatoms. The highest BCUT2D eigenvalue weighted by Gasteiger charge is 2.44. The molecular formula is C30H26N4O2S2. The lowest BCUT2D eigenvalue weighted by Crippen LogP contribution is -2.34. The molecule has 0 saturated carbocycles. The maximum Gasteiger partial charge on any atom is 0.263 e. The molecule has 1 aliphatic heterocycles. The van der Waals surface area contributed by atoms with Crippen molar-refractivity contribution in [1.82, 2.24) is 4.72 Å². The van der Waals surface area contributed by atoms with Gasteiger partial charge in [-0.3, -0.25) is 9.73 Å². The Kier molecular flexibility index (Phi) is 6.21. The number of rotatable bonds is 5. The molecule has 2 unspecified atom stereocenters. The van der Waals surface area contributed by atoms with E-state index in [2.05, 4.69) is 65.5 Å². The number of hydrogen-bond donors (Lipinski definition) is 2. The number of benzene rings is 4. The van der Waals surface area contributed by atoms with Gasteiger partial charge in [0.1, 0.15) is 0 Å². The van der Waals surface area contributed by atoms with Crippen LogP contribution in [0, 0.1) is 12.8 Å². The maximum atomic E-state index is 13.0. The standard InChI is InChI=1S/C30H26N4O2S2/c1-20-11-13-21(14-12-20)29-27-19-22-7-5-6-10-26(22)28(27)32-34(29)24-15-17-25(18-16-24)38(35,36)33-30(37)31-23-8-3-2-4-9-23/h2-18,27,29H,19H2,1H3,(H2,31,33,37). The third-order valence-corrected chi connectivity index (χ3v) is 8.73. The molecule has 190 valence electrons. The van der Waals surface area contributed by atoms with Gasteiger partial charge in [-0.25, -0.2) is 8.42 Å². The zero-order chi connectivity index (χ0) is 26.3. The molecule has 2 aliphatic rings. The molecule has 4 aromatic carbocycles. The minimum Gasteiger partial charge on any atom is -0.332 e. The number of nitrogens with zero attached hydrogens (tertiary/aromatic N) is 2. The number of hydrazone groups is 1. The molecule has 4 aromatic rings. The van der Waals surface area contributed by atoms with E-state index in [1.165, 1.54) is 22.3 Å². The number of nitrogens with one attached hydrogen (secondary N) is 2. The van der Waals surface area contributed by atoms with Crippen LogP contribution >= 0.6 is 12.2 Å². The van der Waals surface area contributed by atoms with Gasteiger partial charge in [0, 0.05) is 17.2 Å². The molecule has 0 bridgehead atoms. The van der Waals surface area contributed by atoms with Crippen LogP contribution < -0.4 is 15.0 Å². The highest BCUT2D eigenvalue weighted by atomic mass is 32.2. The number of hydrogen-bond acceptors (Lipinski definition) is 5. The number of sulfonamides is 1. The van der Waals surface area contributed by atoms with E-state index >= 15 is 0 Å². The Bertz CT molecular complexity index is 1630. The molecule has 1 heterocycles. The van der Waals surface area contributed by atoms with Crippen LogP contribution in [0.25, 0.3) is 0 Å². The molecule has 6 rings (SSSR count). The van der Waals surface area contributed by atoms with Gasteiger partial charge in [-0.15, -0.1) is 0 Å². The first-order valence-electron chi connectivity index (χ1n) is 12.4. The van der Waals surface area contributed by atoms with E-state index in [-0.39, 0.29) is 22.0 Å². The van der Waals surface area contributed by atoms with Crippen molar-refractivity contribution in [2.24, 2.45) is 11.0 Å². The summed E-state index contributed by atoms with van der Waals surface area (Å²) in [6, 6.07) is 33.0. The third-order valence-electron chi connectivity index (χ3n) is 7.03. The summed E-state index contributed by atoms with van der Waals surface area (Å²) in [4.78, 5) is 0.128. The fraction of sp³-hybridized carbons (Fsp3) is 0.133. The molecule has 0 amide bonds. The van der Waals surface area contributed by atoms with Crippen molar-refractivity contribution in [3.63, 3.8) is 0 Å². The van der Waals surface area contributed by atoms with E-state index in [1.54, 1.807) is 24.3 Å². The SMILES string of the molecule is Cc1ccc(C2C3Cc4ccccc4C3=NN2c2ccc(S(=O)(=O)NC(=S)Nc3ccccc3)cc2)cc1. The lowest BCUT2D eigenvalue weighted by molar-refractivity contribution is 0.556. The Morgan fingerprint density at radius 3 is 2.32 bits per heavy atom. The van der Waals surface area contributed by atoms with Gasteiger partial charge in [-0.1, -0.05) is 72.3 Å². The smallest absolute Gasteiger partial charge is 0.263 e. The Labute approximate surface area is 228 Å². The lowest BCUT2D eigenvalue weighted by atomic mass is 9.89. The molecule has 0 radical (unpaired) electrons. The molecule has 0 fully saturated rings. The highest BCUT2D eigenvalue weighted by molar-refractivity contribution is 7.92. The van der Waals surface area contributed by atoms with Crippen LogP contribution in [0.3, 0.4) is 0 Å². The second-order valence-electron chi connectivity index (χ2n) is 9.57. The number of anilines is 2. The van der Waals surface area contributed by atoms with Crippen LogP contribution in [0.5, 0.6) is 0 Å². The second-order valence-corrected chi connectivity index (χ2v) is 11.7. The maximum absolute atomic E-state index is 13.0. The van der Waals surface area contributed by atoms with Crippen LogP contribution in [0.4, 0.5) is 11.4 Å². The van der Waals surface area contributed by atoms with Gasteiger partial charge < -0.3 is 5.32 Å². The molecule has 6 nitrogen and oxygen atoms in total. The quantitative estimate of drug-likeness (QED) is 0.314. The molecule has 1 aliphatic carbocycles. The number of thiocarbonyl (C=S) groups is 1. The van der Waals surface area contributed by atoms with Crippen LogP contribution in [-0.4, -0.2) is 19.2 Å². The normalized spacial score (nSPS) is 17.9. The summed E-state index contributed by atoms with van der Waals surface area (Å²) in [5.74, 6) is 0.224. The van der Waals surface area contributed by atoms with Crippen LogP contribution in [0.1, 0.15) is 28.3 Å². The molecule has 0 saturated heterocycles. The summed E-state index contributed by atoms with van der Waals surface area (Å²) in [5.41, 5.74) is 7.53. The van der Waals surface area contributed by atoms with E-state index in [0.717, 1.165) is 17.8 Å². The molecule has 38 heavy (non-hydrogen) atoms. The Balaban J connectivity index is 1.28. The van der Waals surface area contributed by atoms with E-state index in [0.29, 0.717) is 5.69 Å². The van der Waals surface area contributed by atoms with Gasteiger partial charge >= 0.3 is 0 Å². The largest absolute Gasteiger partial charge is 0.332 e. The van der Waals surface area contributed by atoms with Crippen molar-refractivity contribution in [2.45, 2.75) is 24.3 Å². The summed E-state index contributed by atoms with van der Waals surface area (Å²) >= 11 is 5.23. The predicted molar refractivity (Wildman–Crippen MR) is 156 cm³/mol. The lowest BCUT2D eigenvalue weighted by Gasteiger charge is -2.28. The summed E-state index contributed by atoms with van der Waals surface area (Å²) in [5, 5.41) is 10.0. The number of fused-ring (bicyclic) bond motifs is 3. The average molecular weight is 539 g/mol. The number of para-hydroxylation sites is 1. The van der Waals surface area contributed by atoms with E-state index in [1.807, 2.05) is 35.3 Å². The fourth-order valence-electron chi connectivity index (χ4n) is 5.21. The average Bonchev–Trinajstić information content (AvgIpc) is 3.46. The summed E-state index contributed by atoms with van der Waals surface area (Å²) in [6.07, 6.45) is 0.923. The second kappa shape index (κ2) is 9.70. The van der Waals surface area contributed by atoms with E-state index < -0.39 is 10.0 Å². The van der Waals surface area contributed by atoms with Crippen molar-refractivity contribution < 1.29 is 8.42 Å². The van der Waals surface area contributed by atoms with E-state index in [9.17, 15) is 8.42 Å². The first-order valence-corrected chi connectivity index (χ1v) is 14.3. The highest BCUT2D eigenvalue weighted by Crippen LogP contribution is 2.46. The molecule has 0 aromatic heterocycles. The monoisotopic (exact) mass is 538 g/mol. The first kappa shape index (κ1) is 24.3. The van der Waals surface area contributed by atoms with Crippen LogP contribution in [0.2, 0.25) is 0 Å². The van der Waals surface area contributed by atoms with Crippen molar-refractivity contribution in [3.05, 3.63) is 125 Å². The first-order chi connectivity index (χ1) is 18.4. The van der Waals surface area contributed by atoms with Crippen LogP contribution in [-0.2, 0) is 16.4 Å². The van der Waals surface area contributed by atoms with Crippen molar-refractivity contribution in [2.75, 3.05) is 10.3 Å².